The van der Waals surface area contributed by atoms with Crippen LogP contribution in [0.25, 0.3) is 0 Å². The Morgan fingerprint density at radius 1 is 1.44 bits per heavy atom. The highest BCUT2D eigenvalue weighted by Crippen LogP contribution is 2.32. The van der Waals surface area contributed by atoms with Crippen LogP contribution in [0, 0.1) is 0 Å². The molecule has 2 rings (SSSR count). The molecule has 1 aromatic carbocycles. The van der Waals surface area contributed by atoms with Crippen molar-refractivity contribution < 1.29 is 8.42 Å². The molecule has 0 saturated heterocycles. The number of nitrogens with one attached hydrogen (secondary N) is 1. The van der Waals surface area contributed by atoms with E-state index in [1.165, 1.54) is 0 Å². The summed E-state index contributed by atoms with van der Waals surface area (Å²) in [6.07, 6.45) is 2.47. The molecule has 1 aliphatic rings. The lowest BCUT2D eigenvalue weighted by Crippen LogP contribution is -2.35. The van der Waals surface area contributed by atoms with Crippen LogP contribution in [0.3, 0.4) is 0 Å². The molecule has 0 saturated carbocycles. The third-order valence-electron chi connectivity index (χ3n) is 3.35. The van der Waals surface area contributed by atoms with Gasteiger partial charge in [-0.25, -0.2) is 8.42 Å². The van der Waals surface area contributed by atoms with E-state index in [1.54, 1.807) is 6.07 Å². The van der Waals surface area contributed by atoms with Gasteiger partial charge in [0.1, 0.15) is 0 Å². The largest absolute Gasteiger partial charge is 0.380 e. The summed E-state index contributed by atoms with van der Waals surface area (Å²) in [6.45, 7) is 2.63. The van der Waals surface area contributed by atoms with Crippen LogP contribution in [0.1, 0.15) is 25.3 Å². The van der Waals surface area contributed by atoms with E-state index in [0.29, 0.717) is 11.4 Å². The number of aryl methyl sites for hydroxylation is 1. The zero-order chi connectivity index (χ0) is 13.2. The summed E-state index contributed by atoms with van der Waals surface area (Å²) in [4.78, 5) is 0.450. The minimum absolute atomic E-state index is 0.0150. The number of para-hydroxylation sites is 1. The number of hydrogen-bond acceptors (Lipinski definition) is 4. The molecule has 4 nitrogen and oxygen atoms in total. The second-order valence-corrected chi connectivity index (χ2v) is 6.70. The first-order valence-corrected chi connectivity index (χ1v) is 8.05. The lowest BCUT2D eigenvalue weighted by molar-refractivity contribution is 0.574. The second kappa shape index (κ2) is 5.28. The molecule has 1 heterocycles. The molecule has 1 aromatic rings. The molecule has 0 aromatic heterocycles. The highest BCUT2D eigenvalue weighted by molar-refractivity contribution is 7.91. The summed E-state index contributed by atoms with van der Waals surface area (Å²) in [7, 11) is -3.16. The summed E-state index contributed by atoms with van der Waals surface area (Å²) < 4.78 is 24.5. The molecule has 1 aliphatic heterocycles. The van der Waals surface area contributed by atoms with Gasteiger partial charge in [0.25, 0.3) is 0 Å². The summed E-state index contributed by atoms with van der Waals surface area (Å²) >= 11 is 0. The Bertz CT molecular complexity index is 526. The Labute approximate surface area is 108 Å². The Balaban J connectivity index is 2.38. The van der Waals surface area contributed by atoms with Crippen LogP contribution in [-0.4, -0.2) is 26.8 Å². The van der Waals surface area contributed by atoms with Crippen molar-refractivity contribution in [3.8, 4) is 0 Å². The molecule has 3 N–H and O–H groups in total. The van der Waals surface area contributed by atoms with Gasteiger partial charge in [-0.1, -0.05) is 19.1 Å². The van der Waals surface area contributed by atoms with Crippen molar-refractivity contribution in [2.24, 2.45) is 5.73 Å². The van der Waals surface area contributed by atoms with Crippen LogP contribution >= 0.6 is 0 Å². The summed E-state index contributed by atoms with van der Waals surface area (Å²) in [5.74, 6) is 0.174. The number of hydrogen-bond donors (Lipinski definition) is 2. The van der Waals surface area contributed by atoms with Crippen LogP contribution in [0.4, 0.5) is 5.69 Å². The summed E-state index contributed by atoms with van der Waals surface area (Å²) in [5.41, 5.74) is 7.35. The van der Waals surface area contributed by atoms with Crippen molar-refractivity contribution in [1.29, 1.82) is 0 Å². The van der Waals surface area contributed by atoms with Gasteiger partial charge < -0.3 is 11.1 Å². The van der Waals surface area contributed by atoms with E-state index in [-0.39, 0.29) is 11.8 Å². The fraction of sp³-hybridized carbons (Fsp3) is 0.538. The summed E-state index contributed by atoms with van der Waals surface area (Å²) in [6, 6.07) is 5.47. The van der Waals surface area contributed by atoms with Crippen LogP contribution in [0.15, 0.2) is 23.1 Å². The van der Waals surface area contributed by atoms with E-state index in [0.717, 1.165) is 30.5 Å². The Morgan fingerprint density at radius 2 is 2.22 bits per heavy atom. The van der Waals surface area contributed by atoms with Crippen molar-refractivity contribution in [3.05, 3.63) is 23.8 Å². The molecule has 0 bridgehead atoms. The third kappa shape index (κ3) is 2.52. The normalized spacial score (nSPS) is 21.1. The number of sulfone groups is 1. The number of nitrogens with two attached hydrogens (primary N) is 1. The maximum absolute atomic E-state index is 12.2. The molecule has 18 heavy (non-hydrogen) atoms. The minimum Gasteiger partial charge on any atom is -0.380 e. The van der Waals surface area contributed by atoms with E-state index in [1.807, 2.05) is 19.1 Å². The molecule has 0 aliphatic carbocycles. The maximum Gasteiger partial charge on any atom is 0.182 e. The average molecular weight is 268 g/mol. The molecule has 5 heteroatoms. The van der Waals surface area contributed by atoms with Crippen LogP contribution < -0.4 is 11.1 Å². The predicted molar refractivity (Wildman–Crippen MR) is 73.6 cm³/mol. The zero-order valence-corrected chi connectivity index (χ0v) is 11.5. The summed E-state index contributed by atoms with van der Waals surface area (Å²) in [5, 5.41) is 3.37. The molecule has 100 valence electrons. The molecule has 0 spiro atoms. The fourth-order valence-corrected chi connectivity index (χ4v) is 4.16. The van der Waals surface area contributed by atoms with E-state index < -0.39 is 9.84 Å². The SMILES string of the molecule is CCc1cccc2c1NC(CCCN)CS2(=O)=O. The zero-order valence-electron chi connectivity index (χ0n) is 10.6. The van der Waals surface area contributed by atoms with Crippen LogP contribution in [0.2, 0.25) is 0 Å². The maximum atomic E-state index is 12.2. The molecule has 0 fully saturated rings. The average Bonchev–Trinajstić information content (AvgIpc) is 2.35. The fourth-order valence-electron chi connectivity index (χ4n) is 2.41. The van der Waals surface area contributed by atoms with Gasteiger partial charge >= 0.3 is 0 Å². The van der Waals surface area contributed by atoms with Gasteiger partial charge in [-0.3, -0.25) is 0 Å². The quantitative estimate of drug-likeness (QED) is 0.869. The van der Waals surface area contributed by atoms with Crippen molar-refractivity contribution >= 4 is 15.5 Å². The number of fused-ring (bicyclic) bond motifs is 1. The first kappa shape index (κ1) is 13.4. The van der Waals surface area contributed by atoms with Gasteiger partial charge in [0.15, 0.2) is 9.84 Å². The monoisotopic (exact) mass is 268 g/mol. The van der Waals surface area contributed by atoms with Gasteiger partial charge in [-0.2, -0.15) is 0 Å². The lowest BCUT2D eigenvalue weighted by Gasteiger charge is -2.28. The van der Waals surface area contributed by atoms with Crippen molar-refractivity contribution in [2.45, 2.75) is 37.1 Å². The first-order valence-electron chi connectivity index (χ1n) is 6.39. The van der Waals surface area contributed by atoms with Gasteiger partial charge in [-0.05, 0) is 37.4 Å². The Hall–Kier alpha value is -1.07. The standard InChI is InChI=1S/C13H20N2O2S/c1-2-10-5-3-7-12-13(10)15-11(6-4-8-14)9-18(12,16)17/h3,5,7,11,15H,2,4,6,8-9,14H2,1H3. The number of rotatable bonds is 4. The molecule has 1 atom stereocenters. The third-order valence-corrected chi connectivity index (χ3v) is 5.21. The van der Waals surface area contributed by atoms with Gasteiger partial charge in [-0.15, -0.1) is 0 Å². The number of anilines is 1. The van der Waals surface area contributed by atoms with E-state index in [2.05, 4.69) is 5.32 Å². The lowest BCUT2D eigenvalue weighted by atomic mass is 10.1. The first-order chi connectivity index (χ1) is 8.58. The molecule has 0 radical (unpaired) electrons. The predicted octanol–water partition coefficient (Wildman–Crippen LogP) is 1.56. The van der Waals surface area contributed by atoms with E-state index in [4.69, 9.17) is 5.73 Å². The molecule has 1 unspecified atom stereocenters. The van der Waals surface area contributed by atoms with Crippen LogP contribution in [-0.2, 0) is 16.3 Å². The Kier molecular flexibility index (Phi) is 3.92. The highest BCUT2D eigenvalue weighted by Gasteiger charge is 2.30. The van der Waals surface area contributed by atoms with Crippen molar-refractivity contribution in [3.63, 3.8) is 0 Å². The van der Waals surface area contributed by atoms with E-state index in [9.17, 15) is 8.42 Å². The number of benzene rings is 1. The van der Waals surface area contributed by atoms with Crippen LogP contribution in [0.5, 0.6) is 0 Å². The van der Waals surface area contributed by atoms with Gasteiger partial charge in [0.05, 0.1) is 16.3 Å². The highest BCUT2D eigenvalue weighted by atomic mass is 32.2. The molecule has 0 amide bonds. The van der Waals surface area contributed by atoms with Crippen molar-refractivity contribution in [1.82, 2.24) is 0 Å². The van der Waals surface area contributed by atoms with E-state index >= 15 is 0 Å². The Morgan fingerprint density at radius 3 is 2.89 bits per heavy atom. The smallest absolute Gasteiger partial charge is 0.182 e. The molecular weight excluding hydrogens is 248 g/mol. The second-order valence-electron chi connectivity index (χ2n) is 4.70. The van der Waals surface area contributed by atoms with Crippen molar-refractivity contribution in [2.75, 3.05) is 17.6 Å². The molecular formula is C13H20N2O2S. The minimum atomic E-state index is -3.16. The van der Waals surface area contributed by atoms with Gasteiger partial charge in [0.2, 0.25) is 0 Å². The van der Waals surface area contributed by atoms with Gasteiger partial charge in [0, 0.05) is 6.04 Å². The topological polar surface area (TPSA) is 72.2 Å².